The number of nitrogens with two attached hydrogens (primary N) is 1. The van der Waals surface area contributed by atoms with E-state index in [4.69, 9.17) is 22.4 Å². The van der Waals surface area contributed by atoms with Crippen LogP contribution in [0.4, 0.5) is 0 Å². The lowest BCUT2D eigenvalue weighted by atomic mass is 10.1. The second kappa shape index (κ2) is 4.25. The lowest BCUT2D eigenvalue weighted by Gasteiger charge is -2.02. The van der Waals surface area contributed by atoms with E-state index in [0.717, 1.165) is 5.56 Å². The summed E-state index contributed by atoms with van der Waals surface area (Å²) in [5, 5.41) is 9.07. The summed E-state index contributed by atoms with van der Waals surface area (Å²) in [6, 6.07) is 5.11. The van der Waals surface area contributed by atoms with Gasteiger partial charge in [0.25, 0.3) is 0 Å². The fourth-order valence-corrected chi connectivity index (χ4v) is 1.39. The molecule has 0 saturated heterocycles. The summed E-state index contributed by atoms with van der Waals surface area (Å²) in [4.78, 5) is 10.4. The van der Waals surface area contributed by atoms with Crippen molar-refractivity contribution in [2.45, 2.75) is 13.0 Å². The summed E-state index contributed by atoms with van der Waals surface area (Å²) in [7, 11) is 0. The Hall–Kier alpha value is -1.06. The smallest absolute Gasteiger partial charge is 0.307 e. The van der Waals surface area contributed by atoms with Crippen molar-refractivity contribution in [3.63, 3.8) is 0 Å². The quantitative estimate of drug-likeness (QED) is 0.774. The molecule has 0 spiro atoms. The fourth-order valence-electron chi connectivity index (χ4n) is 1.11. The first-order valence-electron chi connectivity index (χ1n) is 3.82. The molecule has 0 aliphatic carbocycles. The van der Waals surface area contributed by atoms with Crippen molar-refractivity contribution in [1.82, 2.24) is 0 Å². The van der Waals surface area contributed by atoms with Crippen LogP contribution in [0.25, 0.3) is 0 Å². The largest absolute Gasteiger partial charge is 0.481 e. The Labute approximate surface area is 81.1 Å². The van der Waals surface area contributed by atoms with E-state index in [9.17, 15) is 4.79 Å². The summed E-state index contributed by atoms with van der Waals surface area (Å²) >= 11 is 5.76. The average Bonchev–Trinajstić information content (AvgIpc) is 2.01. The second-order valence-electron chi connectivity index (χ2n) is 2.74. The van der Waals surface area contributed by atoms with Crippen LogP contribution in [-0.2, 0) is 17.8 Å². The zero-order chi connectivity index (χ0) is 9.84. The third-order valence-electron chi connectivity index (χ3n) is 1.61. The highest BCUT2D eigenvalue weighted by molar-refractivity contribution is 6.30. The van der Waals surface area contributed by atoms with Gasteiger partial charge in [0, 0.05) is 11.6 Å². The van der Waals surface area contributed by atoms with Crippen molar-refractivity contribution >= 4 is 17.6 Å². The van der Waals surface area contributed by atoms with Gasteiger partial charge in [-0.05, 0) is 23.3 Å². The Morgan fingerprint density at radius 1 is 1.38 bits per heavy atom. The van der Waals surface area contributed by atoms with E-state index in [-0.39, 0.29) is 6.42 Å². The second-order valence-corrected chi connectivity index (χ2v) is 3.18. The maximum atomic E-state index is 10.4. The molecule has 0 aromatic heterocycles. The van der Waals surface area contributed by atoms with Crippen LogP contribution in [0.15, 0.2) is 18.2 Å². The first kappa shape index (κ1) is 10.0. The van der Waals surface area contributed by atoms with Gasteiger partial charge in [-0.3, -0.25) is 4.79 Å². The molecule has 3 nitrogen and oxygen atoms in total. The highest BCUT2D eigenvalue weighted by Crippen LogP contribution is 2.15. The summed E-state index contributed by atoms with van der Waals surface area (Å²) in [5.41, 5.74) is 6.94. The van der Waals surface area contributed by atoms with Gasteiger partial charge in [0.2, 0.25) is 0 Å². The summed E-state index contributed by atoms with van der Waals surface area (Å²) in [5.74, 6) is -0.870. The first-order valence-corrected chi connectivity index (χ1v) is 4.20. The molecule has 0 radical (unpaired) electrons. The maximum absolute atomic E-state index is 10.4. The van der Waals surface area contributed by atoms with Crippen molar-refractivity contribution in [3.8, 4) is 0 Å². The Kier molecular flexibility index (Phi) is 3.28. The van der Waals surface area contributed by atoms with Gasteiger partial charge in [-0.1, -0.05) is 17.7 Å². The number of hydrogen-bond donors (Lipinski definition) is 2. The molecule has 0 bridgehead atoms. The monoisotopic (exact) mass is 199 g/mol. The maximum Gasteiger partial charge on any atom is 0.307 e. The van der Waals surface area contributed by atoms with Gasteiger partial charge < -0.3 is 10.8 Å². The third kappa shape index (κ3) is 3.05. The Morgan fingerprint density at radius 3 is 2.54 bits per heavy atom. The number of aliphatic carboxylic acids is 1. The van der Waals surface area contributed by atoms with Gasteiger partial charge in [-0.15, -0.1) is 0 Å². The Balaban J connectivity index is 2.94. The number of halogens is 1. The minimum atomic E-state index is -0.870. The van der Waals surface area contributed by atoms with Crippen LogP contribution in [-0.4, -0.2) is 11.1 Å². The Bertz CT molecular complexity index is 325. The highest BCUT2D eigenvalue weighted by Gasteiger charge is 2.02. The minimum Gasteiger partial charge on any atom is -0.481 e. The molecule has 1 aromatic carbocycles. The van der Waals surface area contributed by atoms with Crippen molar-refractivity contribution in [2.75, 3.05) is 0 Å². The third-order valence-corrected chi connectivity index (χ3v) is 1.83. The van der Waals surface area contributed by atoms with E-state index in [1.54, 1.807) is 18.2 Å². The molecular formula is C9H10ClNO2. The van der Waals surface area contributed by atoms with Gasteiger partial charge in [-0.2, -0.15) is 0 Å². The van der Waals surface area contributed by atoms with Crippen LogP contribution in [0, 0.1) is 0 Å². The standard InChI is InChI=1S/C9H10ClNO2/c10-8-2-6(4-9(12)13)1-7(3-8)5-11/h1-3H,4-5,11H2,(H,12,13). The van der Waals surface area contributed by atoms with Gasteiger partial charge >= 0.3 is 5.97 Å². The molecule has 0 aliphatic heterocycles. The van der Waals surface area contributed by atoms with E-state index < -0.39 is 5.97 Å². The van der Waals surface area contributed by atoms with Crippen LogP contribution in [0.2, 0.25) is 5.02 Å². The van der Waals surface area contributed by atoms with E-state index in [0.29, 0.717) is 17.1 Å². The van der Waals surface area contributed by atoms with E-state index in [1.807, 2.05) is 0 Å². The predicted molar refractivity (Wildman–Crippen MR) is 50.7 cm³/mol. The summed E-state index contributed by atoms with van der Waals surface area (Å²) in [6.45, 7) is 0.368. The number of hydrogen-bond acceptors (Lipinski definition) is 2. The van der Waals surface area contributed by atoms with Crippen LogP contribution in [0.5, 0.6) is 0 Å². The molecule has 4 heteroatoms. The van der Waals surface area contributed by atoms with E-state index in [2.05, 4.69) is 0 Å². The van der Waals surface area contributed by atoms with E-state index >= 15 is 0 Å². The lowest BCUT2D eigenvalue weighted by Crippen LogP contribution is -2.02. The molecule has 0 unspecified atom stereocenters. The topological polar surface area (TPSA) is 63.3 Å². The minimum absolute atomic E-state index is 0.0203. The predicted octanol–water partition coefficient (Wildman–Crippen LogP) is 1.43. The Morgan fingerprint density at radius 2 is 2.00 bits per heavy atom. The number of carbonyl (C=O) groups is 1. The fraction of sp³-hybridized carbons (Fsp3) is 0.222. The molecule has 1 rings (SSSR count). The lowest BCUT2D eigenvalue weighted by molar-refractivity contribution is -0.136. The molecule has 0 amide bonds. The number of benzene rings is 1. The molecule has 13 heavy (non-hydrogen) atoms. The van der Waals surface area contributed by atoms with Crippen LogP contribution in [0.1, 0.15) is 11.1 Å². The molecule has 1 aromatic rings. The van der Waals surface area contributed by atoms with Gasteiger partial charge in [-0.25, -0.2) is 0 Å². The number of carboxylic acids is 1. The zero-order valence-electron chi connectivity index (χ0n) is 6.96. The number of carboxylic acid groups (broad SMARTS) is 1. The normalized spacial score (nSPS) is 10.0. The zero-order valence-corrected chi connectivity index (χ0v) is 7.71. The molecule has 0 saturated carbocycles. The van der Waals surface area contributed by atoms with Crippen LogP contribution < -0.4 is 5.73 Å². The summed E-state index contributed by atoms with van der Waals surface area (Å²) < 4.78 is 0. The first-order chi connectivity index (χ1) is 6.11. The van der Waals surface area contributed by atoms with Crippen molar-refractivity contribution < 1.29 is 9.90 Å². The highest BCUT2D eigenvalue weighted by atomic mass is 35.5. The average molecular weight is 200 g/mol. The van der Waals surface area contributed by atoms with Crippen LogP contribution in [0.3, 0.4) is 0 Å². The number of rotatable bonds is 3. The van der Waals surface area contributed by atoms with Gasteiger partial charge in [0.15, 0.2) is 0 Å². The molecule has 0 aliphatic rings. The molecular weight excluding hydrogens is 190 g/mol. The van der Waals surface area contributed by atoms with Gasteiger partial charge in [0.1, 0.15) is 0 Å². The molecule has 3 N–H and O–H groups in total. The van der Waals surface area contributed by atoms with Crippen molar-refractivity contribution in [3.05, 3.63) is 34.3 Å². The van der Waals surface area contributed by atoms with Crippen molar-refractivity contribution in [1.29, 1.82) is 0 Å². The molecule has 0 fully saturated rings. The molecule has 0 heterocycles. The molecule has 0 atom stereocenters. The SMILES string of the molecule is NCc1cc(Cl)cc(CC(=O)O)c1. The van der Waals surface area contributed by atoms with Gasteiger partial charge in [0.05, 0.1) is 6.42 Å². The summed E-state index contributed by atoms with van der Waals surface area (Å²) in [6.07, 6.45) is -0.0203. The van der Waals surface area contributed by atoms with Crippen molar-refractivity contribution in [2.24, 2.45) is 5.73 Å². The van der Waals surface area contributed by atoms with Crippen LogP contribution >= 0.6 is 11.6 Å². The molecule has 70 valence electrons. The van der Waals surface area contributed by atoms with E-state index in [1.165, 1.54) is 0 Å².